The van der Waals surface area contributed by atoms with E-state index in [1.54, 1.807) is 12.2 Å². The van der Waals surface area contributed by atoms with Crippen LogP contribution >= 0.6 is 11.6 Å². The van der Waals surface area contributed by atoms with Gasteiger partial charge < -0.3 is 14.7 Å². The van der Waals surface area contributed by atoms with E-state index in [-0.39, 0.29) is 12.5 Å². The molecule has 2 heterocycles. The molecule has 1 N–H and O–H groups in total. The van der Waals surface area contributed by atoms with Crippen molar-refractivity contribution in [3.8, 4) is 5.75 Å². The monoisotopic (exact) mass is 466 g/mol. The van der Waals surface area contributed by atoms with E-state index in [4.69, 9.17) is 16.3 Å². The minimum absolute atomic E-state index is 0.0402. The molecule has 6 heteroatoms. The molecular weight excluding hydrogens is 436 g/mol. The molecule has 0 radical (unpaired) electrons. The number of nitrogens with zero attached hydrogens (tertiary/aromatic N) is 2. The Kier molecular flexibility index (Phi) is 8.21. The van der Waals surface area contributed by atoms with E-state index in [2.05, 4.69) is 23.1 Å². The second-order valence-electron chi connectivity index (χ2n) is 8.61. The zero-order valence-electron chi connectivity index (χ0n) is 18.8. The maximum absolute atomic E-state index is 12.3. The van der Waals surface area contributed by atoms with Crippen LogP contribution in [0.3, 0.4) is 0 Å². The highest BCUT2D eigenvalue weighted by Crippen LogP contribution is 2.24. The second kappa shape index (κ2) is 11.5. The van der Waals surface area contributed by atoms with E-state index in [0.717, 1.165) is 56.0 Å². The van der Waals surface area contributed by atoms with Crippen LogP contribution in [0.1, 0.15) is 30.4 Å². The van der Waals surface area contributed by atoms with Gasteiger partial charge in [-0.1, -0.05) is 48.0 Å². The molecule has 1 unspecified atom stereocenters. The molecule has 1 fully saturated rings. The average molecular weight is 467 g/mol. The summed E-state index contributed by atoms with van der Waals surface area (Å²) < 4.78 is 5.92. The molecule has 1 amide bonds. The number of β-amino-alcohol motifs (C(OH)–C–C–N with tert-alkyl or cyclic N) is 1. The van der Waals surface area contributed by atoms with Gasteiger partial charge in [-0.15, -0.1) is 0 Å². The van der Waals surface area contributed by atoms with Crippen molar-refractivity contribution >= 4 is 29.2 Å². The van der Waals surface area contributed by atoms with Gasteiger partial charge >= 0.3 is 0 Å². The maximum Gasteiger partial charge on any atom is 0.246 e. The van der Waals surface area contributed by atoms with Gasteiger partial charge in [-0.25, -0.2) is 0 Å². The van der Waals surface area contributed by atoms with Gasteiger partial charge in [-0.05, 0) is 54.7 Å². The summed E-state index contributed by atoms with van der Waals surface area (Å²) in [5.74, 6) is 0.712. The van der Waals surface area contributed by atoms with Crippen LogP contribution in [0.4, 0.5) is 0 Å². The smallest absolute Gasteiger partial charge is 0.246 e. The fraction of sp³-hybridized carbons (Fsp3) is 0.370. The Labute approximate surface area is 200 Å². The molecular formula is C27H31ClN2O3. The molecule has 0 spiro atoms. The molecule has 0 aliphatic carbocycles. The molecule has 33 heavy (non-hydrogen) atoms. The van der Waals surface area contributed by atoms with E-state index in [1.807, 2.05) is 41.3 Å². The number of hydrogen-bond donors (Lipinski definition) is 1. The van der Waals surface area contributed by atoms with Crippen molar-refractivity contribution in [3.05, 3.63) is 76.8 Å². The number of hydrogen-bond acceptors (Lipinski definition) is 4. The van der Waals surface area contributed by atoms with Crippen LogP contribution in [0.15, 0.2) is 60.7 Å². The van der Waals surface area contributed by atoms with Crippen LogP contribution < -0.4 is 4.74 Å². The van der Waals surface area contributed by atoms with E-state index in [9.17, 15) is 9.90 Å². The Hall–Kier alpha value is -2.60. The zero-order chi connectivity index (χ0) is 23.0. The summed E-state index contributed by atoms with van der Waals surface area (Å²) >= 11 is 5.99. The summed E-state index contributed by atoms with van der Waals surface area (Å²) in [5, 5.41) is 11.3. The third-order valence-corrected chi connectivity index (χ3v) is 6.40. The number of rotatable bonds is 8. The number of para-hydroxylation sites is 1. The molecule has 0 aromatic heterocycles. The molecule has 1 saturated heterocycles. The molecule has 2 aliphatic rings. The van der Waals surface area contributed by atoms with Gasteiger partial charge in [-0.2, -0.15) is 0 Å². The van der Waals surface area contributed by atoms with Crippen LogP contribution in [-0.4, -0.2) is 66.2 Å². The molecule has 2 aromatic rings. The highest BCUT2D eigenvalue weighted by Gasteiger charge is 2.18. The zero-order valence-corrected chi connectivity index (χ0v) is 19.6. The Bertz CT molecular complexity index is 997. The first-order chi connectivity index (χ1) is 16.1. The van der Waals surface area contributed by atoms with Crippen molar-refractivity contribution < 1.29 is 14.6 Å². The fourth-order valence-electron chi connectivity index (χ4n) is 4.29. The number of carbonyl (C=O) groups excluding carboxylic acids is 1. The highest BCUT2D eigenvalue weighted by molar-refractivity contribution is 6.30. The Morgan fingerprint density at radius 3 is 2.58 bits per heavy atom. The SMILES string of the molecule is O=C(C=Cc1ccccc1OCC(O)CN1CC=C(c2ccc(Cl)cc2)CC1)N1CCCC1. The van der Waals surface area contributed by atoms with E-state index in [1.165, 1.54) is 11.1 Å². The number of aliphatic hydroxyl groups is 1. The van der Waals surface area contributed by atoms with Crippen LogP contribution in [0.25, 0.3) is 11.6 Å². The van der Waals surface area contributed by atoms with Gasteiger partial charge in [0.2, 0.25) is 5.91 Å². The predicted molar refractivity (Wildman–Crippen MR) is 133 cm³/mol. The van der Waals surface area contributed by atoms with Crippen LogP contribution in [0.2, 0.25) is 5.02 Å². The molecule has 2 aliphatic heterocycles. The van der Waals surface area contributed by atoms with Crippen molar-refractivity contribution in [2.75, 3.05) is 39.3 Å². The van der Waals surface area contributed by atoms with Gasteiger partial charge in [0, 0.05) is 49.4 Å². The van der Waals surface area contributed by atoms with Crippen molar-refractivity contribution in [2.45, 2.75) is 25.4 Å². The third-order valence-electron chi connectivity index (χ3n) is 6.15. The number of ether oxygens (including phenoxy) is 1. The van der Waals surface area contributed by atoms with Crippen molar-refractivity contribution in [2.24, 2.45) is 0 Å². The summed E-state index contributed by atoms with van der Waals surface area (Å²) in [6.07, 6.45) is 8.13. The normalized spacial score (nSPS) is 17.9. The molecule has 4 rings (SSSR count). The number of benzene rings is 2. The van der Waals surface area contributed by atoms with Gasteiger partial charge in [0.15, 0.2) is 0 Å². The van der Waals surface area contributed by atoms with Gasteiger partial charge in [0.25, 0.3) is 0 Å². The summed E-state index contributed by atoms with van der Waals surface area (Å²) in [7, 11) is 0. The Morgan fingerprint density at radius 1 is 1.09 bits per heavy atom. The Morgan fingerprint density at radius 2 is 1.85 bits per heavy atom. The van der Waals surface area contributed by atoms with Gasteiger partial charge in [0.05, 0.1) is 0 Å². The Balaban J connectivity index is 1.27. The van der Waals surface area contributed by atoms with Crippen LogP contribution in [0, 0.1) is 0 Å². The number of carbonyl (C=O) groups is 1. The molecule has 174 valence electrons. The summed E-state index contributed by atoms with van der Waals surface area (Å²) in [6, 6.07) is 15.5. The summed E-state index contributed by atoms with van der Waals surface area (Å²) in [6.45, 7) is 4.11. The second-order valence-corrected chi connectivity index (χ2v) is 9.05. The topological polar surface area (TPSA) is 53.0 Å². The predicted octanol–water partition coefficient (Wildman–Crippen LogP) is 4.50. The van der Waals surface area contributed by atoms with Crippen molar-refractivity contribution in [3.63, 3.8) is 0 Å². The number of amides is 1. The quantitative estimate of drug-likeness (QED) is 0.582. The summed E-state index contributed by atoms with van der Waals surface area (Å²) in [4.78, 5) is 16.4. The lowest BCUT2D eigenvalue weighted by Gasteiger charge is -2.28. The first-order valence-electron chi connectivity index (χ1n) is 11.6. The molecule has 0 saturated carbocycles. The number of halogens is 1. The van der Waals surface area contributed by atoms with Gasteiger partial charge in [-0.3, -0.25) is 9.69 Å². The lowest BCUT2D eigenvalue weighted by Crippen LogP contribution is -2.38. The highest BCUT2D eigenvalue weighted by atomic mass is 35.5. The van der Waals surface area contributed by atoms with Crippen molar-refractivity contribution in [1.29, 1.82) is 0 Å². The summed E-state index contributed by atoms with van der Waals surface area (Å²) in [5.41, 5.74) is 3.36. The minimum Gasteiger partial charge on any atom is -0.490 e. The average Bonchev–Trinajstić information content (AvgIpc) is 3.38. The lowest BCUT2D eigenvalue weighted by atomic mass is 9.99. The first kappa shape index (κ1) is 23.6. The van der Waals surface area contributed by atoms with E-state index in [0.29, 0.717) is 12.3 Å². The number of likely N-dealkylation sites (tertiary alicyclic amines) is 1. The van der Waals surface area contributed by atoms with Crippen LogP contribution in [-0.2, 0) is 4.79 Å². The van der Waals surface area contributed by atoms with Gasteiger partial charge in [0.1, 0.15) is 18.5 Å². The lowest BCUT2D eigenvalue weighted by molar-refractivity contribution is -0.124. The van der Waals surface area contributed by atoms with Crippen LogP contribution in [0.5, 0.6) is 5.75 Å². The molecule has 5 nitrogen and oxygen atoms in total. The van der Waals surface area contributed by atoms with Crippen molar-refractivity contribution in [1.82, 2.24) is 9.80 Å². The van der Waals surface area contributed by atoms with E-state index < -0.39 is 6.10 Å². The number of aliphatic hydroxyl groups excluding tert-OH is 1. The largest absolute Gasteiger partial charge is 0.490 e. The first-order valence-corrected chi connectivity index (χ1v) is 12.0. The third kappa shape index (κ3) is 6.70. The standard InChI is InChI=1S/C27H31ClN2O3/c28-24-10-7-21(8-11-24)22-13-17-29(18-14-22)19-25(31)20-33-26-6-2-1-5-23(26)9-12-27(32)30-15-3-4-16-30/h1-2,5-13,25,31H,3-4,14-20H2. The fourth-order valence-corrected chi connectivity index (χ4v) is 4.42. The van der Waals surface area contributed by atoms with E-state index >= 15 is 0 Å². The minimum atomic E-state index is -0.598. The molecule has 0 bridgehead atoms. The molecule has 2 aromatic carbocycles. The maximum atomic E-state index is 12.3. The molecule has 1 atom stereocenters.